The molecular weight excluding hydrogens is 326 g/mol. The second-order valence-corrected chi connectivity index (χ2v) is 5.45. The number of hydrogen-bond acceptors (Lipinski definition) is 4. The van der Waals surface area contributed by atoms with Crippen molar-refractivity contribution in [2.45, 2.75) is 0 Å². The summed E-state index contributed by atoms with van der Waals surface area (Å²) in [5, 5.41) is 0.554. The van der Waals surface area contributed by atoms with Crippen molar-refractivity contribution >= 4 is 29.5 Å². The highest BCUT2D eigenvalue weighted by atomic mass is 35.5. The molecule has 0 aromatic heterocycles. The van der Waals surface area contributed by atoms with E-state index in [0.717, 1.165) is 11.3 Å². The lowest BCUT2D eigenvalue weighted by molar-refractivity contribution is -0.129. The third-order valence-electron chi connectivity index (χ3n) is 3.24. The lowest BCUT2D eigenvalue weighted by atomic mass is 10.2. The predicted molar refractivity (Wildman–Crippen MR) is 94.2 cm³/mol. The molecule has 1 aliphatic rings. The molecule has 3 rings (SSSR count). The average Bonchev–Trinajstić information content (AvgIpc) is 2.95. The number of carbonyl (C=O) groups excluding carboxylic acids is 1. The van der Waals surface area contributed by atoms with Crippen LogP contribution in [-0.4, -0.2) is 18.5 Å². The van der Waals surface area contributed by atoms with E-state index in [-0.39, 0.29) is 11.6 Å². The summed E-state index contributed by atoms with van der Waals surface area (Å²) < 4.78 is 10.6. The SMILES string of the molecule is C=CCOc1ccc(/C=C2/N=C(c3cccc(Cl)c3)OC2=O)cc1. The molecule has 1 aliphatic heterocycles. The molecule has 1 heterocycles. The van der Waals surface area contributed by atoms with Crippen molar-refractivity contribution < 1.29 is 14.3 Å². The number of cyclic esters (lactones) is 1. The number of rotatable bonds is 5. The maximum Gasteiger partial charge on any atom is 0.363 e. The number of halogens is 1. The molecule has 0 atom stereocenters. The number of esters is 1. The van der Waals surface area contributed by atoms with Crippen molar-refractivity contribution in [3.05, 3.63) is 83.0 Å². The molecular formula is C19H14ClNO3. The van der Waals surface area contributed by atoms with E-state index in [1.54, 1.807) is 36.4 Å². The van der Waals surface area contributed by atoms with E-state index in [0.29, 0.717) is 17.2 Å². The van der Waals surface area contributed by atoms with Crippen LogP contribution in [0.1, 0.15) is 11.1 Å². The van der Waals surface area contributed by atoms with Gasteiger partial charge in [-0.2, -0.15) is 0 Å². The Labute approximate surface area is 144 Å². The standard InChI is InChI=1S/C19H14ClNO3/c1-2-10-23-16-8-6-13(7-9-16)11-17-19(22)24-18(21-17)14-4-3-5-15(20)12-14/h2-9,11-12H,1,10H2/b17-11+. The first-order valence-corrected chi connectivity index (χ1v) is 7.66. The number of nitrogens with zero attached hydrogens (tertiary/aromatic N) is 1. The van der Waals surface area contributed by atoms with Crippen LogP contribution in [0.2, 0.25) is 5.02 Å². The van der Waals surface area contributed by atoms with Gasteiger partial charge in [0.15, 0.2) is 5.70 Å². The van der Waals surface area contributed by atoms with Gasteiger partial charge in [0.05, 0.1) is 0 Å². The van der Waals surface area contributed by atoms with Crippen molar-refractivity contribution in [1.29, 1.82) is 0 Å². The molecule has 120 valence electrons. The van der Waals surface area contributed by atoms with Crippen LogP contribution in [0.25, 0.3) is 6.08 Å². The molecule has 0 amide bonds. The van der Waals surface area contributed by atoms with E-state index in [4.69, 9.17) is 21.1 Å². The van der Waals surface area contributed by atoms with Crippen LogP contribution in [0.5, 0.6) is 5.75 Å². The Hall–Kier alpha value is -2.85. The summed E-state index contributed by atoms with van der Waals surface area (Å²) in [6.07, 6.45) is 3.34. The number of carbonyl (C=O) groups is 1. The summed E-state index contributed by atoms with van der Waals surface area (Å²) in [4.78, 5) is 16.2. The largest absolute Gasteiger partial charge is 0.490 e. The van der Waals surface area contributed by atoms with E-state index in [1.807, 2.05) is 24.3 Å². The molecule has 0 saturated carbocycles. The van der Waals surface area contributed by atoms with Gasteiger partial charge >= 0.3 is 5.97 Å². The predicted octanol–water partition coefficient (Wildman–Crippen LogP) is 4.25. The van der Waals surface area contributed by atoms with Gasteiger partial charge in [-0.25, -0.2) is 9.79 Å². The summed E-state index contributed by atoms with van der Waals surface area (Å²) in [5.41, 5.74) is 1.72. The number of hydrogen-bond donors (Lipinski definition) is 0. The van der Waals surface area contributed by atoms with Gasteiger partial charge in [-0.1, -0.05) is 42.5 Å². The fourth-order valence-electron chi connectivity index (χ4n) is 2.13. The van der Waals surface area contributed by atoms with Crippen molar-refractivity contribution in [2.75, 3.05) is 6.61 Å². The van der Waals surface area contributed by atoms with Crippen LogP contribution in [0, 0.1) is 0 Å². The van der Waals surface area contributed by atoms with Gasteiger partial charge in [-0.15, -0.1) is 0 Å². The topological polar surface area (TPSA) is 47.9 Å². The molecule has 4 nitrogen and oxygen atoms in total. The fourth-order valence-corrected chi connectivity index (χ4v) is 2.32. The minimum absolute atomic E-state index is 0.240. The smallest absolute Gasteiger partial charge is 0.363 e. The molecule has 2 aromatic carbocycles. The van der Waals surface area contributed by atoms with Gasteiger partial charge in [0.25, 0.3) is 0 Å². The third kappa shape index (κ3) is 3.73. The van der Waals surface area contributed by atoms with Crippen LogP contribution in [0.15, 0.2) is 71.9 Å². The first-order chi connectivity index (χ1) is 11.7. The summed E-state index contributed by atoms with van der Waals surface area (Å²) in [7, 11) is 0. The molecule has 5 heteroatoms. The zero-order valence-electron chi connectivity index (χ0n) is 12.7. The fraction of sp³-hybridized carbons (Fsp3) is 0.0526. The van der Waals surface area contributed by atoms with Gasteiger partial charge in [-0.3, -0.25) is 0 Å². The molecule has 2 aromatic rings. The molecule has 0 radical (unpaired) electrons. The Morgan fingerprint density at radius 1 is 1.21 bits per heavy atom. The Kier molecular flexibility index (Phi) is 4.77. The highest BCUT2D eigenvalue weighted by Gasteiger charge is 2.24. The maximum absolute atomic E-state index is 12.0. The van der Waals surface area contributed by atoms with Crippen LogP contribution in [-0.2, 0) is 9.53 Å². The summed E-state index contributed by atoms with van der Waals surface area (Å²) in [5.74, 6) is 0.491. The Morgan fingerprint density at radius 3 is 2.71 bits per heavy atom. The molecule has 0 unspecified atom stereocenters. The van der Waals surface area contributed by atoms with E-state index >= 15 is 0 Å². The van der Waals surface area contributed by atoms with E-state index in [1.165, 1.54) is 0 Å². The van der Waals surface area contributed by atoms with Crippen molar-refractivity contribution in [3.63, 3.8) is 0 Å². The van der Waals surface area contributed by atoms with Gasteiger partial charge in [-0.05, 0) is 42.0 Å². The maximum atomic E-state index is 12.0. The number of ether oxygens (including phenoxy) is 2. The molecule has 0 aliphatic carbocycles. The van der Waals surface area contributed by atoms with Gasteiger partial charge in [0, 0.05) is 10.6 Å². The Bertz CT molecular complexity index is 838. The van der Waals surface area contributed by atoms with Crippen LogP contribution < -0.4 is 4.74 Å². The van der Waals surface area contributed by atoms with Gasteiger partial charge in [0.2, 0.25) is 5.90 Å². The number of benzene rings is 2. The third-order valence-corrected chi connectivity index (χ3v) is 3.48. The molecule has 0 N–H and O–H groups in total. The lowest BCUT2D eigenvalue weighted by Crippen LogP contribution is -2.05. The first-order valence-electron chi connectivity index (χ1n) is 7.28. The Morgan fingerprint density at radius 2 is 2.00 bits per heavy atom. The molecule has 24 heavy (non-hydrogen) atoms. The second-order valence-electron chi connectivity index (χ2n) is 5.02. The van der Waals surface area contributed by atoms with Crippen LogP contribution in [0.3, 0.4) is 0 Å². The summed E-state index contributed by atoms with van der Waals surface area (Å²) in [6.45, 7) is 4.04. The monoisotopic (exact) mass is 339 g/mol. The zero-order valence-corrected chi connectivity index (χ0v) is 13.5. The molecule has 0 saturated heterocycles. The van der Waals surface area contributed by atoms with E-state index < -0.39 is 5.97 Å². The normalized spacial score (nSPS) is 15.1. The Balaban J connectivity index is 1.82. The quantitative estimate of drug-likeness (QED) is 0.465. The van der Waals surface area contributed by atoms with Crippen molar-refractivity contribution in [1.82, 2.24) is 0 Å². The highest BCUT2D eigenvalue weighted by molar-refractivity contribution is 6.31. The van der Waals surface area contributed by atoms with Crippen LogP contribution >= 0.6 is 11.6 Å². The summed E-state index contributed by atoms with van der Waals surface area (Å²) >= 11 is 5.95. The van der Waals surface area contributed by atoms with E-state index in [2.05, 4.69) is 11.6 Å². The molecule has 0 spiro atoms. The van der Waals surface area contributed by atoms with Gasteiger partial charge < -0.3 is 9.47 Å². The lowest BCUT2D eigenvalue weighted by Gasteiger charge is -2.02. The minimum atomic E-state index is -0.489. The first kappa shape index (κ1) is 16.0. The highest BCUT2D eigenvalue weighted by Crippen LogP contribution is 2.22. The van der Waals surface area contributed by atoms with Gasteiger partial charge in [0.1, 0.15) is 12.4 Å². The molecule has 0 fully saturated rings. The molecule has 0 bridgehead atoms. The van der Waals surface area contributed by atoms with Crippen molar-refractivity contribution in [3.8, 4) is 5.75 Å². The van der Waals surface area contributed by atoms with Crippen LogP contribution in [0.4, 0.5) is 0 Å². The zero-order chi connectivity index (χ0) is 16.9. The second kappa shape index (κ2) is 7.15. The van der Waals surface area contributed by atoms with Crippen molar-refractivity contribution in [2.24, 2.45) is 4.99 Å². The average molecular weight is 340 g/mol. The van der Waals surface area contributed by atoms with E-state index in [9.17, 15) is 4.79 Å². The minimum Gasteiger partial charge on any atom is -0.490 e. The number of aliphatic imine (C=N–C) groups is 1. The summed E-state index contributed by atoms with van der Waals surface area (Å²) in [6, 6.07) is 14.3.